The average molecular weight is 393 g/mol. The van der Waals surface area contributed by atoms with Gasteiger partial charge in [-0.15, -0.1) is 0 Å². The normalized spacial score (nSPS) is 18.0. The van der Waals surface area contributed by atoms with Crippen LogP contribution in [-0.2, 0) is 22.6 Å². The van der Waals surface area contributed by atoms with E-state index in [-0.39, 0.29) is 24.4 Å². The van der Waals surface area contributed by atoms with Gasteiger partial charge in [0.15, 0.2) is 0 Å². The second-order valence-corrected chi connectivity index (χ2v) is 7.38. The molecule has 2 aromatic carbocycles. The lowest BCUT2D eigenvalue weighted by Crippen LogP contribution is -2.51. The van der Waals surface area contributed by atoms with Gasteiger partial charge in [-0.05, 0) is 23.3 Å². The van der Waals surface area contributed by atoms with Crippen LogP contribution in [0.15, 0.2) is 54.6 Å². The zero-order valence-corrected chi connectivity index (χ0v) is 16.0. The fourth-order valence-corrected chi connectivity index (χ4v) is 3.70. The molecule has 0 aliphatic carbocycles. The van der Waals surface area contributed by atoms with Crippen LogP contribution < -0.4 is 10.6 Å². The number of benzene rings is 2. The minimum atomic E-state index is -0.827. The van der Waals surface area contributed by atoms with Crippen LogP contribution in [0.25, 0.3) is 0 Å². The summed E-state index contributed by atoms with van der Waals surface area (Å²) >= 11 is 0. The van der Waals surface area contributed by atoms with Crippen molar-refractivity contribution in [2.45, 2.75) is 31.5 Å². The number of amides is 4. The number of carbonyl (C=O) groups excluding carboxylic acids is 3. The highest BCUT2D eigenvalue weighted by Gasteiger charge is 2.51. The summed E-state index contributed by atoms with van der Waals surface area (Å²) in [5.41, 5.74) is 1.52. The molecular formula is C22H23N3O4. The maximum absolute atomic E-state index is 12.8. The Bertz CT molecular complexity index is 905. The van der Waals surface area contributed by atoms with Crippen LogP contribution in [0.3, 0.4) is 0 Å². The predicted octanol–water partition coefficient (Wildman–Crippen LogP) is 2.22. The maximum atomic E-state index is 12.8. The smallest absolute Gasteiger partial charge is 0.325 e. The van der Waals surface area contributed by atoms with Crippen molar-refractivity contribution in [3.05, 3.63) is 71.3 Å². The first-order chi connectivity index (χ1) is 14.1. The van der Waals surface area contributed by atoms with E-state index in [4.69, 9.17) is 4.74 Å². The Morgan fingerprint density at radius 1 is 1.00 bits per heavy atom. The van der Waals surface area contributed by atoms with Gasteiger partial charge in [-0.25, -0.2) is 4.79 Å². The fraction of sp³-hybridized carbons (Fsp3) is 0.318. The highest BCUT2D eigenvalue weighted by Crippen LogP contribution is 2.29. The first-order valence-electron chi connectivity index (χ1n) is 9.70. The summed E-state index contributed by atoms with van der Waals surface area (Å²) in [6.45, 7) is 1.56. The Hall–Kier alpha value is -3.19. The highest BCUT2D eigenvalue weighted by molar-refractivity contribution is 6.07. The average Bonchev–Trinajstić information content (AvgIpc) is 2.97. The lowest BCUT2D eigenvalue weighted by Gasteiger charge is -2.30. The van der Waals surface area contributed by atoms with E-state index < -0.39 is 5.54 Å². The molecule has 0 bridgehead atoms. The summed E-state index contributed by atoms with van der Waals surface area (Å²) in [4.78, 5) is 38.7. The van der Waals surface area contributed by atoms with E-state index in [0.29, 0.717) is 38.2 Å². The molecule has 0 radical (unpaired) electrons. The van der Waals surface area contributed by atoms with Crippen LogP contribution in [0.1, 0.15) is 34.3 Å². The number of nitrogens with one attached hydrogen (secondary N) is 2. The third-order valence-corrected chi connectivity index (χ3v) is 5.44. The van der Waals surface area contributed by atoms with Crippen molar-refractivity contribution in [3.63, 3.8) is 0 Å². The van der Waals surface area contributed by atoms with Crippen molar-refractivity contribution in [1.29, 1.82) is 0 Å². The number of rotatable bonds is 5. The van der Waals surface area contributed by atoms with Crippen LogP contribution in [0.4, 0.5) is 4.79 Å². The van der Waals surface area contributed by atoms with Gasteiger partial charge in [-0.2, -0.15) is 0 Å². The molecule has 0 unspecified atom stereocenters. The van der Waals surface area contributed by atoms with E-state index in [9.17, 15) is 14.4 Å². The van der Waals surface area contributed by atoms with Gasteiger partial charge in [0, 0.05) is 38.2 Å². The molecule has 2 N–H and O–H groups in total. The molecule has 2 heterocycles. The van der Waals surface area contributed by atoms with Gasteiger partial charge < -0.3 is 15.4 Å². The summed E-state index contributed by atoms with van der Waals surface area (Å²) in [6, 6.07) is 16.3. The van der Waals surface area contributed by atoms with Gasteiger partial charge in [0.05, 0.1) is 6.54 Å². The number of urea groups is 1. The van der Waals surface area contributed by atoms with Crippen molar-refractivity contribution in [1.82, 2.24) is 15.5 Å². The quantitative estimate of drug-likeness (QED) is 0.763. The first-order valence-corrected chi connectivity index (χ1v) is 9.70. The second-order valence-electron chi connectivity index (χ2n) is 7.38. The van der Waals surface area contributed by atoms with Crippen LogP contribution in [0.2, 0.25) is 0 Å². The minimum Gasteiger partial charge on any atom is -0.381 e. The number of nitrogens with zero attached hydrogens (tertiary/aromatic N) is 1. The molecule has 150 valence electrons. The molecule has 29 heavy (non-hydrogen) atoms. The van der Waals surface area contributed by atoms with Gasteiger partial charge in [-0.3, -0.25) is 14.5 Å². The van der Waals surface area contributed by atoms with Gasteiger partial charge >= 0.3 is 6.03 Å². The molecule has 0 atom stereocenters. The number of carbonyl (C=O) groups is 3. The highest BCUT2D eigenvalue weighted by atomic mass is 16.5. The summed E-state index contributed by atoms with van der Waals surface area (Å²) < 4.78 is 5.32. The monoisotopic (exact) mass is 393 g/mol. The van der Waals surface area contributed by atoms with Crippen LogP contribution in [-0.4, -0.2) is 41.5 Å². The molecule has 4 rings (SSSR count). The summed E-state index contributed by atoms with van der Waals surface area (Å²) in [5.74, 6) is -0.368. The molecule has 2 aliphatic heterocycles. The Balaban J connectivity index is 1.37. The summed E-state index contributed by atoms with van der Waals surface area (Å²) in [5, 5.41) is 5.73. The minimum absolute atomic E-state index is 0.170. The Kier molecular flexibility index (Phi) is 5.31. The standard InChI is InChI=1S/C22H23N3O4/c26-19(23-14-16-4-2-1-3-5-16)18-8-6-17(7-9-18)15-25-20(27)22(24-21(25)28)10-12-29-13-11-22/h1-9H,10-15H2,(H,23,26)(H,24,28). The lowest BCUT2D eigenvalue weighted by molar-refractivity contribution is -0.134. The van der Waals surface area contributed by atoms with Crippen LogP contribution in [0.5, 0.6) is 0 Å². The van der Waals surface area contributed by atoms with E-state index in [1.807, 2.05) is 30.3 Å². The SMILES string of the molecule is O=C(NCc1ccccc1)c1ccc(CN2C(=O)NC3(CCOCC3)C2=O)cc1. The van der Waals surface area contributed by atoms with E-state index in [1.54, 1.807) is 24.3 Å². The molecule has 7 nitrogen and oxygen atoms in total. The van der Waals surface area contributed by atoms with Gasteiger partial charge in [0.2, 0.25) is 0 Å². The van der Waals surface area contributed by atoms with E-state index in [1.165, 1.54) is 4.90 Å². The van der Waals surface area contributed by atoms with Crippen LogP contribution in [0, 0.1) is 0 Å². The number of ether oxygens (including phenoxy) is 1. The molecule has 4 amide bonds. The van der Waals surface area contributed by atoms with Crippen molar-refractivity contribution in [2.24, 2.45) is 0 Å². The summed E-state index contributed by atoms with van der Waals surface area (Å²) in [7, 11) is 0. The summed E-state index contributed by atoms with van der Waals surface area (Å²) in [6.07, 6.45) is 0.989. The largest absolute Gasteiger partial charge is 0.381 e. The zero-order valence-electron chi connectivity index (χ0n) is 16.0. The zero-order chi connectivity index (χ0) is 20.3. The molecule has 0 saturated carbocycles. The number of hydrogen-bond donors (Lipinski definition) is 2. The third kappa shape index (κ3) is 4.00. The number of hydrogen-bond acceptors (Lipinski definition) is 4. The van der Waals surface area contributed by atoms with Gasteiger partial charge in [-0.1, -0.05) is 42.5 Å². The first kappa shape index (κ1) is 19.1. The molecular weight excluding hydrogens is 370 g/mol. The molecule has 1 spiro atoms. The van der Waals surface area contributed by atoms with Crippen LogP contribution >= 0.6 is 0 Å². The number of imide groups is 1. The van der Waals surface area contributed by atoms with Gasteiger partial charge in [0.25, 0.3) is 11.8 Å². The maximum Gasteiger partial charge on any atom is 0.325 e. The Morgan fingerprint density at radius 3 is 2.38 bits per heavy atom. The molecule has 2 aliphatic rings. The van der Waals surface area contributed by atoms with E-state index >= 15 is 0 Å². The Morgan fingerprint density at radius 2 is 1.69 bits per heavy atom. The topological polar surface area (TPSA) is 87.7 Å². The van der Waals surface area contributed by atoms with Crippen molar-refractivity contribution < 1.29 is 19.1 Å². The van der Waals surface area contributed by atoms with Crippen molar-refractivity contribution in [3.8, 4) is 0 Å². The second kappa shape index (κ2) is 8.05. The van der Waals surface area contributed by atoms with Crippen molar-refractivity contribution >= 4 is 17.8 Å². The fourth-order valence-electron chi connectivity index (χ4n) is 3.70. The Labute approximate surface area is 169 Å². The molecule has 7 heteroatoms. The van der Waals surface area contributed by atoms with E-state index in [0.717, 1.165) is 11.1 Å². The molecule has 2 fully saturated rings. The lowest BCUT2D eigenvalue weighted by atomic mass is 9.90. The third-order valence-electron chi connectivity index (χ3n) is 5.44. The van der Waals surface area contributed by atoms with Gasteiger partial charge in [0.1, 0.15) is 5.54 Å². The van der Waals surface area contributed by atoms with E-state index in [2.05, 4.69) is 10.6 Å². The predicted molar refractivity (Wildman–Crippen MR) is 106 cm³/mol. The molecule has 2 saturated heterocycles. The molecule has 2 aromatic rings. The van der Waals surface area contributed by atoms with Crippen molar-refractivity contribution in [2.75, 3.05) is 13.2 Å². The molecule has 0 aromatic heterocycles.